The molecule has 4 rings (SSSR count). The lowest BCUT2D eigenvalue weighted by molar-refractivity contribution is -0.126. The second kappa shape index (κ2) is 5.57. The van der Waals surface area contributed by atoms with Gasteiger partial charge in [-0.25, -0.2) is 0 Å². The Kier molecular flexibility index (Phi) is 3.85. The van der Waals surface area contributed by atoms with Crippen molar-refractivity contribution in [2.24, 2.45) is 5.92 Å². The SMILES string of the molecule is O=C(NCC1CN2CCN1CC2)C1CCCCC1. The monoisotopic (exact) mass is 251 g/mol. The molecule has 0 spiro atoms. The largest absolute Gasteiger partial charge is 0.354 e. The van der Waals surface area contributed by atoms with Gasteiger partial charge in [0.15, 0.2) is 0 Å². The molecule has 4 nitrogen and oxygen atoms in total. The second-order valence-corrected chi connectivity index (χ2v) is 6.07. The molecule has 1 amide bonds. The summed E-state index contributed by atoms with van der Waals surface area (Å²) in [5, 5.41) is 3.20. The molecule has 3 heterocycles. The summed E-state index contributed by atoms with van der Waals surface area (Å²) in [6.45, 7) is 6.80. The Morgan fingerprint density at radius 3 is 2.39 bits per heavy atom. The van der Waals surface area contributed by atoms with Gasteiger partial charge in [0, 0.05) is 51.2 Å². The van der Waals surface area contributed by atoms with E-state index in [1.54, 1.807) is 0 Å². The Labute approximate surface area is 110 Å². The standard InChI is InChI=1S/C14H25N3O/c18-14(12-4-2-1-3-5-12)15-10-13-11-16-6-8-17(13)9-7-16/h12-13H,1-11H2,(H,15,18). The number of amides is 1. The fraction of sp³-hybridized carbons (Fsp3) is 0.929. The van der Waals surface area contributed by atoms with Crippen LogP contribution in [0.4, 0.5) is 0 Å². The Morgan fingerprint density at radius 1 is 1.06 bits per heavy atom. The molecule has 0 aromatic heterocycles. The van der Waals surface area contributed by atoms with E-state index in [1.165, 1.54) is 45.4 Å². The quantitative estimate of drug-likeness (QED) is 0.801. The highest BCUT2D eigenvalue weighted by atomic mass is 16.1. The van der Waals surface area contributed by atoms with E-state index in [0.29, 0.717) is 17.9 Å². The molecular weight excluding hydrogens is 226 g/mol. The highest BCUT2D eigenvalue weighted by molar-refractivity contribution is 5.78. The summed E-state index contributed by atoms with van der Waals surface area (Å²) in [6, 6.07) is 0.556. The van der Waals surface area contributed by atoms with Crippen molar-refractivity contribution < 1.29 is 4.79 Å². The van der Waals surface area contributed by atoms with Gasteiger partial charge in [-0.15, -0.1) is 0 Å². The normalized spacial score (nSPS) is 36.6. The molecule has 4 heteroatoms. The topological polar surface area (TPSA) is 35.6 Å². The average molecular weight is 251 g/mol. The molecule has 4 fully saturated rings. The molecule has 1 unspecified atom stereocenters. The smallest absolute Gasteiger partial charge is 0.223 e. The van der Waals surface area contributed by atoms with Gasteiger partial charge in [-0.2, -0.15) is 0 Å². The molecule has 3 saturated heterocycles. The molecular formula is C14H25N3O. The van der Waals surface area contributed by atoms with E-state index in [-0.39, 0.29) is 0 Å². The van der Waals surface area contributed by atoms with Gasteiger partial charge in [-0.1, -0.05) is 19.3 Å². The lowest BCUT2D eigenvalue weighted by atomic mass is 9.88. The Bertz CT molecular complexity index is 293. The molecule has 3 aliphatic heterocycles. The summed E-state index contributed by atoms with van der Waals surface area (Å²) in [5.41, 5.74) is 0. The number of carbonyl (C=O) groups is 1. The van der Waals surface area contributed by atoms with E-state index in [4.69, 9.17) is 0 Å². The molecule has 1 N–H and O–H groups in total. The van der Waals surface area contributed by atoms with Crippen LogP contribution in [0.3, 0.4) is 0 Å². The van der Waals surface area contributed by atoms with Crippen LogP contribution in [0, 0.1) is 5.92 Å². The Balaban J connectivity index is 1.44. The lowest BCUT2D eigenvalue weighted by Crippen LogP contribution is -2.63. The summed E-state index contributed by atoms with van der Waals surface area (Å²) < 4.78 is 0. The van der Waals surface area contributed by atoms with Crippen LogP contribution in [0.15, 0.2) is 0 Å². The summed E-state index contributed by atoms with van der Waals surface area (Å²) in [4.78, 5) is 17.2. The molecule has 102 valence electrons. The van der Waals surface area contributed by atoms with Gasteiger partial charge in [0.2, 0.25) is 5.91 Å². The summed E-state index contributed by atoms with van der Waals surface area (Å²) in [6.07, 6.45) is 6.00. The van der Waals surface area contributed by atoms with Crippen LogP contribution in [0.25, 0.3) is 0 Å². The molecule has 0 radical (unpaired) electrons. The first-order valence-electron chi connectivity index (χ1n) is 7.57. The number of carbonyl (C=O) groups excluding carboxylic acids is 1. The molecule has 0 aromatic carbocycles. The van der Waals surface area contributed by atoms with Gasteiger partial charge in [-0.3, -0.25) is 14.6 Å². The van der Waals surface area contributed by atoms with Gasteiger partial charge < -0.3 is 5.32 Å². The average Bonchev–Trinajstić information content (AvgIpc) is 2.47. The van der Waals surface area contributed by atoms with Crippen LogP contribution < -0.4 is 5.32 Å². The molecule has 1 aliphatic carbocycles. The van der Waals surface area contributed by atoms with Crippen LogP contribution in [0.1, 0.15) is 32.1 Å². The predicted molar refractivity (Wildman–Crippen MR) is 71.4 cm³/mol. The van der Waals surface area contributed by atoms with Crippen molar-refractivity contribution in [1.82, 2.24) is 15.1 Å². The van der Waals surface area contributed by atoms with Crippen molar-refractivity contribution in [3.05, 3.63) is 0 Å². The van der Waals surface area contributed by atoms with Gasteiger partial charge in [0.05, 0.1) is 0 Å². The fourth-order valence-corrected chi connectivity index (χ4v) is 3.65. The van der Waals surface area contributed by atoms with Crippen molar-refractivity contribution in [2.45, 2.75) is 38.1 Å². The maximum absolute atomic E-state index is 12.1. The first-order valence-corrected chi connectivity index (χ1v) is 7.57. The van der Waals surface area contributed by atoms with E-state index < -0.39 is 0 Å². The second-order valence-electron chi connectivity index (χ2n) is 6.07. The highest BCUT2D eigenvalue weighted by Crippen LogP contribution is 2.23. The number of rotatable bonds is 3. The zero-order chi connectivity index (χ0) is 12.4. The zero-order valence-corrected chi connectivity index (χ0v) is 11.2. The molecule has 18 heavy (non-hydrogen) atoms. The number of hydrogen-bond donors (Lipinski definition) is 1. The number of hydrogen-bond acceptors (Lipinski definition) is 3. The van der Waals surface area contributed by atoms with Crippen LogP contribution in [-0.2, 0) is 4.79 Å². The third-order valence-corrected chi connectivity index (χ3v) is 4.88. The number of nitrogens with zero attached hydrogens (tertiary/aromatic N) is 2. The Morgan fingerprint density at radius 2 is 1.78 bits per heavy atom. The van der Waals surface area contributed by atoms with Crippen LogP contribution in [-0.4, -0.2) is 61.0 Å². The minimum absolute atomic E-state index is 0.301. The number of nitrogens with one attached hydrogen (secondary N) is 1. The molecule has 4 aliphatic rings. The summed E-state index contributed by atoms with van der Waals surface area (Å²) >= 11 is 0. The van der Waals surface area contributed by atoms with Crippen LogP contribution >= 0.6 is 0 Å². The molecule has 2 bridgehead atoms. The third kappa shape index (κ3) is 2.69. The maximum Gasteiger partial charge on any atom is 0.223 e. The Hall–Kier alpha value is -0.610. The minimum Gasteiger partial charge on any atom is -0.354 e. The van der Waals surface area contributed by atoms with Gasteiger partial charge in [-0.05, 0) is 12.8 Å². The number of fused-ring (bicyclic) bond motifs is 3. The first kappa shape index (κ1) is 12.4. The van der Waals surface area contributed by atoms with Gasteiger partial charge in [0.1, 0.15) is 0 Å². The van der Waals surface area contributed by atoms with Crippen molar-refractivity contribution >= 4 is 5.91 Å². The van der Waals surface area contributed by atoms with E-state index in [9.17, 15) is 4.79 Å². The zero-order valence-electron chi connectivity index (χ0n) is 11.2. The summed E-state index contributed by atoms with van der Waals surface area (Å²) in [5.74, 6) is 0.613. The summed E-state index contributed by atoms with van der Waals surface area (Å²) in [7, 11) is 0. The fourth-order valence-electron chi connectivity index (χ4n) is 3.65. The van der Waals surface area contributed by atoms with E-state index >= 15 is 0 Å². The third-order valence-electron chi connectivity index (χ3n) is 4.88. The molecule has 0 aromatic rings. The minimum atomic E-state index is 0.301. The predicted octanol–water partition coefficient (Wildman–Crippen LogP) is 0.683. The molecule has 1 saturated carbocycles. The first-order chi connectivity index (χ1) is 8.83. The van der Waals surface area contributed by atoms with Crippen LogP contribution in [0.2, 0.25) is 0 Å². The van der Waals surface area contributed by atoms with E-state index in [2.05, 4.69) is 15.1 Å². The highest BCUT2D eigenvalue weighted by Gasteiger charge is 2.32. The van der Waals surface area contributed by atoms with E-state index in [1.807, 2.05) is 0 Å². The van der Waals surface area contributed by atoms with E-state index in [0.717, 1.165) is 25.9 Å². The lowest BCUT2D eigenvalue weighted by Gasteiger charge is -2.47. The van der Waals surface area contributed by atoms with Crippen molar-refractivity contribution in [3.63, 3.8) is 0 Å². The van der Waals surface area contributed by atoms with Crippen molar-refractivity contribution in [3.8, 4) is 0 Å². The van der Waals surface area contributed by atoms with Gasteiger partial charge in [0.25, 0.3) is 0 Å². The van der Waals surface area contributed by atoms with Crippen LogP contribution in [0.5, 0.6) is 0 Å². The number of piperazine rings is 3. The van der Waals surface area contributed by atoms with Crippen molar-refractivity contribution in [1.29, 1.82) is 0 Å². The van der Waals surface area contributed by atoms with Crippen molar-refractivity contribution in [2.75, 3.05) is 39.3 Å². The molecule has 1 atom stereocenters. The maximum atomic E-state index is 12.1. The van der Waals surface area contributed by atoms with Gasteiger partial charge >= 0.3 is 0 Å².